The number of aryl methyl sites for hydroxylation is 1. The molecule has 2 aromatic rings. The van der Waals surface area contributed by atoms with Crippen molar-refractivity contribution in [2.75, 3.05) is 0 Å². The van der Waals surface area contributed by atoms with Gasteiger partial charge in [-0.05, 0) is 30.7 Å². The lowest BCUT2D eigenvalue weighted by atomic mass is 10.2. The zero-order valence-electron chi connectivity index (χ0n) is 8.51. The summed E-state index contributed by atoms with van der Waals surface area (Å²) >= 11 is 0. The van der Waals surface area contributed by atoms with Gasteiger partial charge >= 0.3 is 5.97 Å². The van der Waals surface area contributed by atoms with Gasteiger partial charge in [-0.25, -0.2) is 13.9 Å². The largest absolute Gasteiger partial charge is 0.476 e. The van der Waals surface area contributed by atoms with Crippen LogP contribution < -0.4 is 0 Å². The zero-order valence-corrected chi connectivity index (χ0v) is 8.51. The maximum Gasteiger partial charge on any atom is 0.356 e. The summed E-state index contributed by atoms with van der Waals surface area (Å²) < 4.78 is 14.7. The van der Waals surface area contributed by atoms with Crippen molar-refractivity contribution >= 4 is 5.97 Å². The number of hydrogen-bond acceptors (Lipinski definition) is 2. The highest BCUT2D eigenvalue weighted by molar-refractivity contribution is 5.85. The van der Waals surface area contributed by atoms with Gasteiger partial charge in [-0.3, -0.25) is 0 Å². The van der Waals surface area contributed by atoms with Gasteiger partial charge < -0.3 is 5.11 Å². The predicted molar refractivity (Wildman–Crippen MR) is 55.2 cm³/mol. The summed E-state index contributed by atoms with van der Waals surface area (Å²) in [4.78, 5) is 10.6. The fourth-order valence-electron chi connectivity index (χ4n) is 1.37. The average molecular weight is 220 g/mol. The van der Waals surface area contributed by atoms with Gasteiger partial charge in [-0.1, -0.05) is 6.07 Å². The van der Waals surface area contributed by atoms with Crippen molar-refractivity contribution in [1.29, 1.82) is 0 Å². The van der Waals surface area contributed by atoms with Crippen LogP contribution in [0.3, 0.4) is 0 Å². The second-order valence-electron chi connectivity index (χ2n) is 3.41. The second kappa shape index (κ2) is 3.77. The van der Waals surface area contributed by atoms with Crippen molar-refractivity contribution in [2.24, 2.45) is 0 Å². The molecule has 0 unspecified atom stereocenters. The summed E-state index contributed by atoms with van der Waals surface area (Å²) in [5.74, 6) is -1.57. The van der Waals surface area contributed by atoms with E-state index in [1.54, 1.807) is 12.1 Å². The molecule has 1 aromatic carbocycles. The van der Waals surface area contributed by atoms with Gasteiger partial charge in [0, 0.05) is 6.20 Å². The van der Waals surface area contributed by atoms with Crippen molar-refractivity contribution in [3.05, 3.63) is 47.5 Å². The summed E-state index contributed by atoms with van der Waals surface area (Å²) in [5, 5.41) is 12.5. The van der Waals surface area contributed by atoms with Crippen LogP contribution in [0.4, 0.5) is 4.39 Å². The number of aromatic carboxylic acids is 1. The summed E-state index contributed by atoms with van der Waals surface area (Å²) in [6.07, 6.45) is 1.42. The second-order valence-corrected chi connectivity index (χ2v) is 3.41. The van der Waals surface area contributed by atoms with Gasteiger partial charge in [0.2, 0.25) is 0 Å². The molecule has 0 bridgehead atoms. The van der Waals surface area contributed by atoms with Gasteiger partial charge in [0.05, 0.1) is 0 Å². The van der Waals surface area contributed by atoms with Crippen LogP contribution in [0.2, 0.25) is 0 Å². The monoisotopic (exact) mass is 220 g/mol. The Labute approximate surface area is 90.9 Å². The maximum absolute atomic E-state index is 13.5. The lowest BCUT2D eigenvalue weighted by molar-refractivity contribution is 0.0690. The number of carbonyl (C=O) groups is 1. The lowest BCUT2D eigenvalue weighted by Crippen LogP contribution is -2.02. The van der Waals surface area contributed by atoms with Crippen molar-refractivity contribution in [3.63, 3.8) is 0 Å². The molecule has 0 amide bonds. The molecule has 0 spiro atoms. The van der Waals surface area contributed by atoms with E-state index in [1.165, 1.54) is 23.0 Å². The summed E-state index contributed by atoms with van der Waals surface area (Å²) in [7, 11) is 0. The number of benzene rings is 1. The fourth-order valence-corrected chi connectivity index (χ4v) is 1.37. The Morgan fingerprint density at radius 3 is 2.81 bits per heavy atom. The maximum atomic E-state index is 13.5. The number of halogens is 1. The Balaban J connectivity index is 2.50. The topological polar surface area (TPSA) is 55.1 Å². The molecule has 4 nitrogen and oxygen atoms in total. The average Bonchev–Trinajstić information content (AvgIpc) is 2.70. The van der Waals surface area contributed by atoms with Crippen LogP contribution in [0.5, 0.6) is 0 Å². The molecule has 0 aliphatic heterocycles. The van der Waals surface area contributed by atoms with E-state index < -0.39 is 11.8 Å². The molecule has 0 radical (unpaired) electrons. The summed E-state index contributed by atoms with van der Waals surface area (Å²) in [6, 6.07) is 5.89. The number of aromatic nitrogens is 2. The van der Waals surface area contributed by atoms with E-state index in [4.69, 9.17) is 5.11 Å². The van der Waals surface area contributed by atoms with E-state index in [2.05, 4.69) is 5.10 Å². The van der Waals surface area contributed by atoms with Crippen molar-refractivity contribution < 1.29 is 14.3 Å². The third-order valence-corrected chi connectivity index (χ3v) is 2.16. The highest BCUT2D eigenvalue weighted by atomic mass is 19.1. The standard InChI is InChI=1S/C11H9FN2O2/c1-7-2-3-8(12)10(6-7)14-5-4-9(13-14)11(15)16/h2-6H,1H3,(H,15,16). The third kappa shape index (κ3) is 1.79. The zero-order chi connectivity index (χ0) is 11.7. The van der Waals surface area contributed by atoms with Gasteiger partial charge in [0.15, 0.2) is 5.69 Å². The fraction of sp³-hybridized carbons (Fsp3) is 0.0909. The molecule has 82 valence electrons. The van der Waals surface area contributed by atoms with Crippen LogP contribution in [-0.2, 0) is 0 Å². The molecule has 0 saturated carbocycles. The first-order valence-corrected chi connectivity index (χ1v) is 4.63. The third-order valence-electron chi connectivity index (χ3n) is 2.16. The number of carboxylic acids is 1. The van der Waals surface area contributed by atoms with Crippen LogP contribution in [0.15, 0.2) is 30.5 Å². The van der Waals surface area contributed by atoms with Crippen molar-refractivity contribution in [3.8, 4) is 5.69 Å². The number of hydrogen-bond donors (Lipinski definition) is 1. The van der Waals surface area contributed by atoms with Crippen LogP contribution >= 0.6 is 0 Å². The Kier molecular flexibility index (Phi) is 2.44. The van der Waals surface area contributed by atoms with Crippen LogP contribution in [0.25, 0.3) is 5.69 Å². The molecule has 0 saturated heterocycles. The molecule has 0 aliphatic carbocycles. The SMILES string of the molecule is Cc1ccc(F)c(-n2ccc(C(=O)O)n2)c1. The van der Waals surface area contributed by atoms with Crippen LogP contribution in [-0.4, -0.2) is 20.9 Å². The number of nitrogens with zero attached hydrogens (tertiary/aromatic N) is 2. The van der Waals surface area contributed by atoms with E-state index in [0.717, 1.165) is 5.56 Å². The van der Waals surface area contributed by atoms with Gasteiger partial charge in [0.25, 0.3) is 0 Å². The molecular weight excluding hydrogens is 211 g/mol. The van der Waals surface area contributed by atoms with E-state index in [1.807, 2.05) is 6.92 Å². The van der Waals surface area contributed by atoms with Gasteiger partial charge in [-0.2, -0.15) is 5.10 Å². The number of rotatable bonds is 2. The van der Waals surface area contributed by atoms with E-state index >= 15 is 0 Å². The van der Waals surface area contributed by atoms with Crippen molar-refractivity contribution in [1.82, 2.24) is 9.78 Å². The molecule has 1 N–H and O–H groups in total. The highest BCUT2D eigenvalue weighted by Crippen LogP contribution is 2.14. The van der Waals surface area contributed by atoms with Crippen LogP contribution in [0, 0.1) is 12.7 Å². The normalized spacial score (nSPS) is 10.4. The van der Waals surface area contributed by atoms with Crippen molar-refractivity contribution in [2.45, 2.75) is 6.92 Å². The predicted octanol–water partition coefficient (Wildman–Crippen LogP) is 2.02. The molecular formula is C11H9FN2O2. The van der Waals surface area contributed by atoms with E-state index in [9.17, 15) is 9.18 Å². The molecule has 1 aromatic heterocycles. The summed E-state index contributed by atoms with van der Waals surface area (Å²) in [5.41, 5.74) is 1.01. The summed E-state index contributed by atoms with van der Waals surface area (Å²) in [6.45, 7) is 1.82. The molecule has 5 heteroatoms. The Bertz CT molecular complexity index is 549. The first-order valence-electron chi connectivity index (χ1n) is 4.63. The quantitative estimate of drug-likeness (QED) is 0.842. The Hall–Kier alpha value is -2.17. The van der Waals surface area contributed by atoms with Gasteiger partial charge in [-0.15, -0.1) is 0 Å². The molecule has 2 rings (SSSR count). The minimum atomic E-state index is -1.13. The van der Waals surface area contributed by atoms with Gasteiger partial charge in [0.1, 0.15) is 11.5 Å². The minimum Gasteiger partial charge on any atom is -0.476 e. The molecule has 1 heterocycles. The molecule has 0 aliphatic rings. The first-order chi connectivity index (χ1) is 7.58. The highest BCUT2D eigenvalue weighted by Gasteiger charge is 2.10. The van der Waals surface area contributed by atoms with E-state index in [-0.39, 0.29) is 11.4 Å². The Morgan fingerprint density at radius 2 is 2.19 bits per heavy atom. The number of carboxylic acid groups (broad SMARTS) is 1. The smallest absolute Gasteiger partial charge is 0.356 e. The molecule has 0 fully saturated rings. The first kappa shape index (κ1) is 10.4. The molecule has 0 atom stereocenters. The lowest BCUT2D eigenvalue weighted by Gasteiger charge is -2.03. The van der Waals surface area contributed by atoms with Crippen LogP contribution in [0.1, 0.15) is 16.1 Å². The van der Waals surface area contributed by atoms with E-state index in [0.29, 0.717) is 0 Å². The molecule has 16 heavy (non-hydrogen) atoms. The minimum absolute atomic E-state index is 0.110. The Morgan fingerprint density at radius 1 is 1.44 bits per heavy atom.